The second-order valence-electron chi connectivity index (χ2n) is 6.85. The van der Waals surface area contributed by atoms with E-state index in [9.17, 15) is 0 Å². The summed E-state index contributed by atoms with van der Waals surface area (Å²) in [6.45, 7) is 2.16. The molecule has 4 rings (SSSR count). The maximum Gasteiger partial charge on any atom is 0.137 e. The molecule has 1 heterocycles. The van der Waals surface area contributed by atoms with Crippen molar-refractivity contribution >= 4 is 29.6 Å². The highest BCUT2D eigenvalue weighted by Crippen LogP contribution is 2.57. The van der Waals surface area contributed by atoms with Gasteiger partial charge in [-0.2, -0.15) is 0 Å². The van der Waals surface area contributed by atoms with Crippen molar-refractivity contribution in [2.45, 2.75) is 24.8 Å². The van der Waals surface area contributed by atoms with Crippen LogP contribution in [-0.4, -0.2) is 9.30 Å². The Bertz CT molecular complexity index is 856. The summed E-state index contributed by atoms with van der Waals surface area (Å²) in [5.41, 5.74) is 3.66. The van der Waals surface area contributed by atoms with E-state index in [1.54, 1.807) is 11.9 Å². The standard InChI is InChI=1S/C23H22ClNS/c1-18(16-19-10-4-2-5-11-19)25-23(24,17-20-12-6-3-7-13-20)21-14-8-9-15-22(21)26-25/h2-13,15-16,21H,14,17H2,1H3/b18-16+/t21?,23-/m1/s1. The maximum atomic E-state index is 7.40. The van der Waals surface area contributed by atoms with E-state index >= 15 is 0 Å². The van der Waals surface area contributed by atoms with Crippen LogP contribution in [0.5, 0.6) is 0 Å². The van der Waals surface area contributed by atoms with Crippen molar-refractivity contribution in [2.75, 3.05) is 0 Å². The summed E-state index contributed by atoms with van der Waals surface area (Å²) in [5.74, 6) is 0.318. The Hall–Kier alpha value is -1.90. The molecule has 132 valence electrons. The minimum absolute atomic E-state index is 0.318. The van der Waals surface area contributed by atoms with Crippen LogP contribution in [0.1, 0.15) is 24.5 Å². The molecule has 26 heavy (non-hydrogen) atoms. The SMILES string of the molecule is C/C(=C\c1ccccc1)N1SC2=CC=CCC2[C@@]1(Cl)Cc1ccccc1. The number of hydrogen-bond donors (Lipinski definition) is 0. The first-order valence-corrected chi connectivity index (χ1v) is 10.1. The maximum absolute atomic E-state index is 7.40. The second-order valence-corrected chi connectivity index (χ2v) is 8.52. The largest absolute Gasteiger partial charge is 0.295 e. The average Bonchev–Trinajstić information content (AvgIpc) is 2.96. The van der Waals surface area contributed by atoms with Gasteiger partial charge in [0.05, 0.1) is 0 Å². The van der Waals surface area contributed by atoms with Crippen molar-refractivity contribution in [1.82, 2.24) is 4.31 Å². The summed E-state index contributed by atoms with van der Waals surface area (Å²) in [6, 6.07) is 21.0. The fourth-order valence-electron chi connectivity index (χ4n) is 3.72. The Labute approximate surface area is 165 Å². The molecule has 1 unspecified atom stereocenters. The monoisotopic (exact) mass is 379 g/mol. The number of nitrogens with zero attached hydrogens (tertiary/aromatic N) is 1. The lowest BCUT2D eigenvalue weighted by molar-refractivity contribution is 0.297. The molecule has 0 aromatic heterocycles. The number of hydrogen-bond acceptors (Lipinski definition) is 2. The Balaban J connectivity index is 1.70. The van der Waals surface area contributed by atoms with Gasteiger partial charge in [0, 0.05) is 22.9 Å². The highest BCUT2D eigenvalue weighted by Gasteiger charge is 2.51. The first kappa shape index (κ1) is 17.5. The third-order valence-corrected chi connectivity index (χ3v) is 7.06. The molecular formula is C23H22ClNS. The number of rotatable bonds is 4. The molecule has 1 saturated heterocycles. The number of benzene rings is 2. The minimum atomic E-state index is -0.460. The van der Waals surface area contributed by atoms with Crippen LogP contribution in [0.25, 0.3) is 6.08 Å². The summed E-state index contributed by atoms with van der Waals surface area (Å²) in [4.78, 5) is 0.900. The number of halogens is 1. The topological polar surface area (TPSA) is 3.24 Å². The van der Waals surface area contributed by atoms with E-state index in [1.807, 2.05) is 6.07 Å². The molecule has 1 aliphatic carbocycles. The third-order valence-electron chi connectivity index (χ3n) is 4.97. The molecule has 2 aromatic rings. The number of allylic oxidation sites excluding steroid dienone is 4. The molecule has 0 spiro atoms. The number of fused-ring (bicyclic) bond motifs is 1. The van der Waals surface area contributed by atoms with Gasteiger partial charge in [0.1, 0.15) is 5.00 Å². The van der Waals surface area contributed by atoms with Crippen LogP contribution < -0.4 is 0 Å². The van der Waals surface area contributed by atoms with Gasteiger partial charge in [0.2, 0.25) is 0 Å². The summed E-state index contributed by atoms with van der Waals surface area (Å²) < 4.78 is 2.32. The van der Waals surface area contributed by atoms with E-state index in [-0.39, 0.29) is 0 Å². The van der Waals surface area contributed by atoms with Crippen LogP contribution in [0.15, 0.2) is 89.5 Å². The molecule has 0 amide bonds. The molecule has 1 fully saturated rings. The van der Waals surface area contributed by atoms with Gasteiger partial charge in [-0.3, -0.25) is 4.31 Å². The zero-order chi connectivity index (χ0) is 18.0. The molecule has 2 aliphatic rings. The summed E-state index contributed by atoms with van der Waals surface area (Å²) in [5, 5.41) is 0. The second kappa shape index (κ2) is 7.38. The molecule has 1 nitrogen and oxygen atoms in total. The zero-order valence-corrected chi connectivity index (χ0v) is 16.4. The summed E-state index contributed by atoms with van der Waals surface area (Å²) >= 11 is 9.19. The molecule has 0 N–H and O–H groups in total. The van der Waals surface area contributed by atoms with Gasteiger partial charge in [0.15, 0.2) is 0 Å². The quantitative estimate of drug-likeness (QED) is 0.332. The molecule has 1 aliphatic heterocycles. The molecule has 0 bridgehead atoms. The van der Waals surface area contributed by atoms with E-state index in [4.69, 9.17) is 11.6 Å². The van der Waals surface area contributed by atoms with Crippen molar-refractivity contribution in [1.29, 1.82) is 0 Å². The van der Waals surface area contributed by atoms with Gasteiger partial charge in [-0.25, -0.2) is 0 Å². The molecule has 2 atom stereocenters. The molecule has 0 radical (unpaired) electrons. The summed E-state index contributed by atoms with van der Waals surface area (Å²) in [6.07, 6.45) is 10.6. The smallest absolute Gasteiger partial charge is 0.137 e. The molecular weight excluding hydrogens is 358 g/mol. The van der Waals surface area contributed by atoms with Crippen LogP contribution in [0, 0.1) is 5.92 Å². The highest BCUT2D eigenvalue weighted by atomic mass is 35.5. The van der Waals surface area contributed by atoms with E-state index in [0.717, 1.165) is 12.8 Å². The fraction of sp³-hybridized carbons (Fsp3) is 0.217. The first-order valence-electron chi connectivity index (χ1n) is 8.98. The Morgan fingerprint density at radius 1 is 1.15 bits per heavy atom. The van der Waals surface area contributed by atoms with E-state index in [0.29, 0.717) is 5.92 Å². The third kappa shape index (κ3) is 3.36. The molecule has 2 aromatic carbocycles. The van der Waals surface area contributed by atoms with Gasteiger partial charge in [-0.15, -0.1) is 0 Å². The first-order chi connectivity index (χ1) is 12.7. The lowest BCUT2D eigenvalue weighted by Crippen LogP contribution is -2.42. The van der Waals surface area contributed by atoms with Gasteiger partial charge in [-0.1, -0.05) is 90.5 Å². The summed E-state index contributed by atoms with van der Waals surface area (Å²) in [7, 11) is 0. The fourth-order valence-corrected chi connectivity index (χ4v) is 5.69. The van der Waals surface area contributed by atoms with E-state index < -0.39 is 5.00 Å². The van der Waals surface area contributed by atoms with Crippen molar-refractivity contribution in [3.63, 3.8) is 0 Å². The average molecular weight is 380 g/mol. The predicted octanol–water partition coefficient (Wildman–Crippen LogP) is 6.65. The van der Waals surface area contributed by atoms with Crippen LogP contribution in [0.4, 0.5) is 0 Å². The van der Waals surface area contributed by atoms with Gasteiger partial charge >= 0.3 is 0 Å². The molecule has 0 saturated carbocycles. The normalized spacial score (nSPS) is 25.2. The van der Waals surface area contributed by atoms with Crippen molar-refractivity contribution in [3.8, 4) is 0 Å². The molecule has 3 heteroatoms. The van der Waals surface area contributed by atoms with Crippen LogP contribution in [0.2, 0.25) is 0 Å². The van der Waals surface area contributed by atoms with Crippen molar-refractivity contribution < 1.29 is 0 Å². The Morgan fingerprint density at radius 3 is 2.58 bits per heavy atom. The Kier molecular flexibility index (Phi) is 4.97. The lowest BCUT2D eigenvalue weighted by Gasteiger charge is -2.37. The van der Waals surface area contributed by atoms with Gasteiger partial charge in [0.25, 0.3) is 0 Å². The lowest BCUT2D eigenvalue weighted by atomic mass is 9.87. The minimum Gasteiger partial charge on any atom is -0.295 e. The Morgan fingerprint density at radius 2 is 1.85 bits per heavy atom. The van der Waals surface area contributed by atoms with Crippen LogP contribution in [0.3, 0.4) is 0 Å². The van der Waals surface area contributed by atoms with Crippen molar-refractivity contribution in [2.24, 2.45) is 5.92 Å². The van der Waals surface area contributed by atoms with E-state index in [1.165, 1.54) is 21.7 Å². The highest BCUT2D eigenvalue weighted by molar-refractivity contribution is 8.01. The van der Waals surface area contributed by atoms with Crippen LogP contribution in [-0.2, 0) is 6.42 Å². The van der Waals surface area contributed by atoms with Crippen LogP contribution >= 0.6 is 23.5 Å². The van der Waals surface area contributed by atoms with Crippen molar-refractivity contribution in [3.05, 3.63) is 101 Å². The van der Waals surface area contributed by atoms with Gasteiger partial charge < -0.3 is 0 Å². The van der Waals surface area contributed by atoms with Gasteiger partial charge in [-0.05, 0) is 42.5 Å². The predicted molar refractivity (Wildman–Crippen MR) is 114 cm³/mol. The van der Waals surface area contributed by atoms with E-state index in [2.05, 4.69) is 90.1 Å². The number of alkyl halides is 1. The zero-order valence-electron chi connectivity index (χ0n) is 14.8.